The Morgan fingerprint density at radius 1 is 1.20 bits per heavy atom. The number of rotatable bonds is 4. The first-order valence-electron chi connectivity index (χ1n) is 7.44. The summed E-state index contributed by atoms with van der Waals surface area (Å²) in [7, 11) is 0. The summed E-state index contributed by atoms with van der Waals surface area (Å²) in [6.45, 7) is 2.01. The van der Waals surface area contributed by atoms with Crippen LogP contribution in [-0.2, 0) is 0 Å². The van der Waals surface area contributed by atoms with E-state index in [0.717, 1.165) is 11.1 Å². The van der Waals surface area contributed by atoms with E-state index < -0.39 is 5.91 Å². The molecule has 3 aromatic rings. The van der Waals surface area contributed by atoms with Crippen LogP contribution in [0.25, 0.3) is 11.3 Å². The highest BCUT2D eigenvalue weighted by Crippen LogP contribution is 2.24. The number of nitrogens with zero attached hydrogens (tertiary/aromatic N) is 2. The number of amides is 1. The third-order valence-corrected chi connectivity index (χ3v) is 4.35. The van der Waals surface area contributed by atoms with Gasteiger partial charge in [-0.3, -0.25) is 9.89 Å². The molecular weight excluding hydrogens is 359 g/mol. The van der Waals surface area contributed by atoms with Crippen LogP contribution < -0.4 is 5.43 Å². The lowest BCUT2D eigenvalue weighted by atomic mass is 10.1. The molecule has 0 spiro atoms. The fourth-order valence-electron chi connectivity index (χ4n) is 2.15. The summed E-state index contributed by atoms with van der Waals surface area (Å²) < 4.78 is 0. The minimum atomic E-state index is -0.403. The fourth-order valence-corrected chi connectivity index (χ4v) is 2.51. The van der Waals surface area contributed by atoms with Crippen LogP contribution >= 0.6 is 23.2 Å². The number of halogens is 2. The second-order valence-corrected chi connectivity index (χ2v) is 6.16. The Kier molecular flexibility index (Phi) is 5.16. The molecule has 0 atom stereocenters. The molecule has 1 aromatic heterocycles. The Balaban J connectivity index is 1.69. The van der Waals surface area contributed by atoms with Crippen molar-refractivity contribution in [3.8, 4) is 11.3 Å². The molecule has 0 fully saturated rings. The van der Waals surface area contributed by atoms with E-state index in [2.05, 4.69) is 20.7 Å². The quantitative estimate of drug-likeness (QED) is 0.524. The van der Waals surface area contributed by atoms with Crippen molar-refractivity contribution in [3.05, 3.63) is 75.4 Å². The van der Waals surface area contributed by atoms with Crippen molar-refractivity contribution >= 4 is 35.3 Å². The van der Waals surface area contributed by atoms with Gasteiger partial charge >= 0.3 is 0 Å². The number of carbonyl (C=O) groups excluding carboxylic acids is 1. The maximum Gasteiger partial charge on any atom is 0.289 e. The van der Waals surface area contributed by atoms with Crippen LogP contribution in [0.4, 0.5) is 0 Å². The molecule has 0 bridgehead atoms. The van der Waals surface area contributed by atoms with Gasteiger partial charge in [0.2, 0.25) is 0 Å². The van der Waals surface area contributed by atoms with Crippen molar-refractivity contribution in [3.63, 3.8) is 0 Å². The molecule has 0 radical (unpaired) electrons. The van der Waals surface area contributed by atoms with Crippen LogP contribution in [0.1, 0.15) is 21.6 Å². The smallest absolute Gasteiger partial charge is 0.272 e. The number of hydrogen-bond acceptors (Lipinski definition) is 3. The van der Waals surface area contributed by atoms with Crippen LogP contribution in [0.5, 0.6) is 0 Å². The zero-order valence-corrected chi connectivity index (χ0v) is 14.8. The summed E-state index contributed by atoms with van der Waals surface area (Å²) in [5, 5.41) is 11.6. The van der Waals surface area contributed by atoms with Gasteiger partial charge in [0.05, 0.1) is 22.0 Å². The predicted octanol–water partition coefficient (Wildman–Crippen LogP) is 4.46. The maximum absolute atomic E-state index is 12.1. The number of aryl methyl sites for hydroxylation is 1. The Morgan fingerprint density at radius 2 is 1.96 bits per heavy atom. The van der Waals surface area contributed by atoms with Crippen molar-refractivity contribution in [1.29, 1.82) is 0 Å². The highest BCUT2D eigenvalue weighted by Gasteiger charge is 2.10. The van der Waals surface area contributed by atoms with E-state index in [1.165, 1.54) is 6.21 Å². The van der Waals surface area contributed by atoms with Crippen LogP contribution in [0.15, 0.2) is 53.6 Å². The summed E-state index contributed by atoms with van der Waals surface area (Å²) in [5.74, 6) is -0.403. The zero-order chi connectivity index (χ0) is 17.8. The van der Waals surface area contributed by atoms with Crippen LogP contribution in [-0.4, -0.2) is 22.3 Å². The largest absolute Gasteiger partial charge is 0.289 e. The lowest BCUT2D eigenvalue weighted by Gasteiger charge is -2.00. The Bertz CT molecular complexity index is 933. The summed E-state index contributed by atoms with van der Waals surface area (Å²) in [6.07, 6.45) is 1.43. The number of aromatic amines is 1. The van der Waals surface area contributed by atoms with E-state index in [-0.39, 0.29) is 0 Å². The standard InChI is InChI=1S/C18H14Cl2N4O/c1-11-5-7-12(8-6-11)15-9-16(23-22-15)18(25)24-21-10-13-3-2-4-14(19)17(13)20/h2-10H,1H3,(H,22,23)(H,24,25). The van der Waals surface area contributed by atoms with Gasteiger partial charge in [-0.1, -0.05) is 65.2 Å². The molecule has 0 aliphatic rings. The molecule has 2 N–H and O–H groups in total. The molecule has 0 aliphatic carbocycles. The van der Waals surface area contributed by atoms with Gasteiger partial charge in [0.1, 0.15) is 5.69 Å². The lowest BCUT2D eigenvalue weighted by molar-refractivity contribution is 0.0950. The predicted molar refractivity (Wildman–Crippen MR) is 100 cm³/mol. The minimum absolute atomic E-state index is 0.310. The highest BCUT2D eigenvalue weighted by molar-refractivity contribution is 6.43. The summed E-state index contributed by atoms with van der Waals surface area (Å²) in [5.41, 5.74) is 6.12. The molecule has 1 amide bonds. The molecule has 0 unspecified atom stereocenters. The number of benzene rings is 2. The van der Waals surface area contributed by atoms with Gasteiger partial charge in [-0.2, -0.15) is 10.2 Å². The molecule has 0 saturated carbocycles. The number of H-pyrrole nitrogens is 1. The number of carbonyl (C=O) groups is 1. The first kappa shape index (κ1) is 17.2. The minimum Gasteiger partial charge on any atom is -0.272 e. The van der Waals surface area contributed by atoms with Crippen LogP contribution in [0.2, 0.25) is 10.0 Å². The van der Waals surface area contributed by atoms with Crippen molar-refractivity contribution in [1.82, 2.24) is 15.6 Å². The van der Waals surface area contributed by atoms with Gasteiger partial charge in [0.25, 0.3) is 5.91 Å². The van der Waals surface area contributed by atoms with Gasteiger partial charge in [-0.05, 0) is 19.1 Å². The second kappa shape index (κ2) is 7.51. The molecule has 0 saturated heterocycles. The van der Waals surface area contributed by atoms with E-state index in [1.807, 2.05) is 31.2 Å². The third kappa shape index (κ3) is 4.07. The average molecular weight is 373 g/mol. The molecule has 1 heterocycles. The van der Waals surface area contributed by atoms with E-state index >= 15 is 0 Å². The second-order valence-electron chi connectivity index (χ2n) is 5.38. The number of aromatic nitrogens is 2. The topological polar surface area (TPSA) is 70.1 Å². The van der Waals surface area contributed by atoms with E-state index in [1.54, 1.807) is 24.3 Å². The molecule has 3 rings (SSSR count). The van der Waals surface area contributed by atoms with Crippen LogP contribution in [0, 0.1) is 6.92 Å². The fraction of sp³-hybridized carbons (Fsp3) is 0.0556. The molecule has 7 heteroatoms. The lowest BCUT2D eigenvalue weighted by Crippen LogP contribution is -2.18. The Morgan fingerprint density at radius 3 is 2.72 bits per heavy atom. The number of hydrazone groups is 1. The monoisotopic (exact) mass is 372 g/mol. The van der Waals surface area contributed by atoms with Crippen molar-refractivity contribution in [2.45, 2.75) is 6.92 Å². The summed E-state index contributed by atoms with van der Waals surface area (Å²) in [6, 6.07) is 14.7. The molecule has 0 aliphatic heterocycles. The molecule has 5 nitrogen and oxygen atoms in total. The van der Waals surface area contributed by atoms with Gasteiger partial charge in [0.15, 0.2) is 0 Å². The van der Waals surface area contributed by atoms with Crippen molar-refractivity contribution < 1.29 is 4.79 Å². The van der Waals surface area contributed by atoms with Gasteiger partial charge in [-0.15, -0.1) is 0 Å². The van der Waals surface area contributed by atoms with Crippen molar-refractivity contribution in [2.75, 3.05) is 0 Å². The first-order valence-corrected chi connectivity index (χ1v) is 8.20. The Labute approximate surface area is 154 Å². The van der Waals surface area contributed by atoms with Crippen molar-refractivity contribution in [2.24, 2.45) is 5.10 Å². The SMILES string of the molecule is Cc1ccc(-c2cc(C(=O)NN=Cc3cccc(Cl)c3Cl)[nH]n2)cc1. The van der Waals surface area contributed by atoms with E-state index in [4.69, 9.17) is 23.2 Å². The molecule has 2 aromatic carbocycles. The molecule has 25 heavy (non-hydrogen) atoms. The number of hydrogen-bond donors (Lipinski definition) is 2. The average Bonchev–Trinajstić information content (AvgIpc) is 3.09. The van der Waals surface area contributed by atoms with Gasteiger partial charge in [-0.25, -0.2) is 5.43 Å². The number of nitrogens with one attached hydrogen (secondary N) is 2. The maximum atomic E-state index is 12.1. The van der Waals surface area contributed by atoms with E-state index in [9.17, 15) is 4.79 Å². The zero-order valence-electron chi connectivity index (χ0n) is 13.3. The van der Waals surface area contributed by atoms with Crippen LogP contribution in [0.3, 0.4) is 0 Å². The highest BCUT2D eigenvalue weighted by atomic mass is 35.5. The van der Waals surface area contributed by atoms with E-state index in [0.29, 0.717) is 27.0 Å². The molecule has 126 valence electrons. The summed E-state index contributed by atoms with van der Waals surface area (Å²) >= 11 is 12.0. The molecular formula is C18H14Cl2N4O. The first-order chi connectivity index (χ1) is 12.0. The third-order valence-electron chi connectivity index (χ3n) is 3.52. The van der Waals surface area contributed by atoms with Gasteiger partial charge < -0.3 is 0 Å². The van der Waals surface area contributed by atoms with Gasteiger partial charge in [0, 0.05) is 11.1 Å². The Hall–Kier alpha value is -2.63. The normalized spacial score (nSPS) is 11.0. The summed E-state index contributed by atoms with van der Waals surface area (Å²) in [4.78, 5) is 12.1.